The van der Waals surface area contributed by atoms with E-state index in [-0.39, 0.29) is 6.61 Å². The average Bonchev–Trinajstić information content (AvgIpc) is 2.74. The Kier molecular flexibility index (Phi) is 9.33. The first-order chi connectivity index (χ1) is 13.6. The Bertz CT molecular complexity index is 592. The number of aliphatic hydroxyl groups is 1. The van der Waals surface area contributed by atoms with Crippen LogP contribution in [0.3, 0.4) is 0 Å². The Morgan fingerprint density at radius 1 is 0.929 bits per heavy atom. The Morgan fingerprint density at radius 2 is 1.46 bits per heavy atom. The molecule has 0 unspecified atom stereocenters. The topological polar surface area (TPSA) is 80.7 Å². The van der Waals surface area contributed by atoms with Crippen LogP contribution in [0.4, 0.5) is 0 Å². The van der Waals surface area contributed by atoms with Crippen LogP contribution in [0, 0.1) is 0 Å². The fraction of sp³-hybridized carbons (Fsp3) is 0.650. The average molecular weight is 396 g/mol. The van der Waals surface area contributed by atoms with Crippen molar-refractivity contribution in [1.29, 1.82) is 0 Å². The van der Waals surface area contributed by atoms with Crippen molar-refractivity contribution >= 4 is 5.97 Å². The summed E-state index contributed by atoms with van der Waals surface area (Å²) < 4.78 is 21.2. The summed E-state index contributed by atoms with van der Waals surface area (Å²) in [5.74, 6) is 0.883. The van der Waals surface area contributed by atoms with Crippen LogP contribution in [-0.4, -0.2) is 94.7 Å². The highest BCUT2D eigenvalue weighted by molar-refractivity contribution is 5.91. The molecule has 0 spiro atoms. The van der Waals surface area contributed by atoms with Gasteiger partial charge in [-0.25, -0.2) is 4.79 Å². The monoisotopic (exact) mass is 396 g/mol. The molecule has 0 amide bonds. The molecule has 158 valence electrons. The molecule has 0 radical (unpaired) electrons. The van der Waals surface area contributed by atoms with Gasteiger partial charge in [0.05, 0.1) is 33.5 Å². The van der Waals surface area contributed by atoms with E-state index < -0.39 is 5.97 Å². The molecule has 1 N–H and O–H groups in total. The summed E-state index contributed by atoms with van der Waals surface area (Å²) in [6, 6.07) is 3.19. The molecule has 28 heavy (non-hydrogen) atoms. The minimum Gasteiger partial charge on any atom is -0.493 e. The Morgan fingerprint density at radius 3 is 1.93 bits per heavy atom. The van der Waals surface area contributed by atoms with Crippen molar-refractivity contribution in [1.82, 2.24) is 9.80 Å². The smallest absolute Gasteiger partial charge is 0.338 e. The number of carbonyl (C=O) groups excluding carboxylic acids is 1. The molecule has 0 bridgehead atoms. The molecular weight excluding hydrogens is 364 g/mol. The normalized spacial score (nSPS) is 15.3. The minimum atomic E-state index is -0.409. The van der Waals surface area contributed by atoms with E-state index in [2.05, 4.69) is 9.80 Å². The molecule has 0 saturated carbocycles. The van der Waals surface area contributed by atoms with Crippen LogP contribution < -0.4 is 14.2 Å². The third-order valence-electron chi connectivity index (χ3n) is 4.85. The van der Waals surface area contributed by atoms with Gasteiger partial charge in [-0.3, -0.25) is 0 Å². The summed E-state index contributed by atoms with van der Waals surface area (Å²) in [4.78, 5) is 17.1. The highest BCUT2D eigenvalue weighted by Crippen LogP contribution is 2.38. The molecule has 8 heteroatoms. The number of benzene rings is 1. The highest BCUT2D eigenvalue weighted by Gasteiger charge is 2.19. The summed E-state index contributed by atoms with van der Waals surface area (Å²) in [5.41, 5.74) is 0.368. The van der Waals surface area contributed by atoms with Crippen molar-refractivity contribution in [3.8, 4) is 17.2 Å². The maximum atomic E-state index is 12.4. The van der Waals surface area contributed by atoms with Gasteiger partial charge >= 0.3 is 5.97 Å². The lowest BCUT2D eigenvalue weighted by molar-refractivity contribution is 0.0474. The Labute approximate surface area is 166 Å². The van der Waals surface area contributed by atoms with E-state index in [9.17, 15) is 4.79 Å². The van der Waals surface area contributed by atoms with Crippen LogP contribution in [-0.2, 0) is 4.74 Å². The molecule has 1 heterocycles. The summed E-state index contributed by atoms with van der Waals surface area (Å²) in [6.07, 6.45) is 1.61. The van der Waals surface area contributed by atoms with Gasteiger partial charge in [0.15, 0.2) is 11.5 Å². The standard InChI is InChI=1S/C20H32N2O6/c1-25-17-14-16(15-18(26-2)19(17)27-3)20(24)28-13-5-7-22-10-8-21(9-11-22)6-4-12-23/h14-15,23H,4-13H2,1-3H3. The number of esters is 1. The second-order valence-electron chi connectivity index (χ2n) is 6.66. The highest BCUT2D eigenvalue weighted by atomic mass is 16.5. The van der Waals surface area contributed by atoms with Crippen molar-refractivity contribution in [3.05, 3.63) is 17.7 Å². The van der Waals surface area contributed by atoms with E-state index in [0.29, 0.717) is 29.4 Å². The number of hydrogen-bond acceptors (Lipinski definition) is 8. The molecule has 8 nitrogen and oxygen atoms in total. The predicted molar refractivity (Wildman–Crippen MR) is 106 cm³/mol. The van der Waals surface area contributed by atoms with E-state index in [1.165, 1.54) is 21.3 Å². The fourth-order valence-corrected chi connectivity index (χ4v) is 3.27. The molecule has 1 aromatic carbocycles. The molecule has 0 aliphatic carbocycles. The van der Waals surface area contributed by atoms with Gasteiger partial charge in [0, 0.05) is 45.9 Å². The molecule has 1 saturated heterocycles. The van der Waals surface area contributed by atoms with E-state index >= 15 is 0 Å². The lowest BCUT2D eigenvalue weighted by Crippen LogP contribution is -2.47. The van der Waals surface area contributed by atoms with E-state index in [1.807, 2.05) is 0 Å². The summed E-state index contributed by atoms with van der Waals surface area (Å²) in [6.45, 7) is 6.51. The number of piperazine rings is 1. The second kappa shape index (κ2) is 11.7. The molecule has 2 rings (SSSR count). The number of rotatable bonds is 11. The fourth-order valence-electron chi connectivity index (χ4n) is 3.27. The third kappa shape index (κ3) is 6.25. The molecule has 0 atom stereocenters. The van der Waals surface area contributed by atoms with Crippen LogP contribution in [0.25, 0.3) is 0 Å². The van der Waals surface area contributed by atoms with Crippen molar-refractivity contribution in [3.63, 3.8) is 0 Å². The Hall–Kier alpha value is -2.03. The summed E-state index contributed by atoms with van der Waals surface area (Å²) in [7, 11) is 4.54. The van der Waals surface area contributed by atoms with E-state index in [1.54, 1.807) is 12.1 Å². The second-order valence-corrected chi connectivity index (χ2v) is 6.66. The van der Waals surface area contributed by atoms with Crippen LogP contribution in [0.2, 0.25) is 0 Å². The third-order valence-corrected chi connectivity index (χ3v) is 4.85. The van der Waals surface area contributed by atoms with E-state index in [0.717, 1.165) is 52.1 Å². The zero-order chi connectivity index (χ0) is 20.4. The van der Waals surface area contributed by atoms with Crippen LogP contribution in [0.5, 0.6) is 17.2 Å². The van der Waals surface area contributed by atoms with Crippen molar-refractivity contribution in [2.45, 2.75) is 12.8 Å². The first-order valence-electron chi connectivity index (χ1n) is 9.65. The summed E-state index contributed by atoms with van der Waals surface area (Å²) in [5, 5.41) is 8.91. The van der Waals surface area contributed by atoms with Gasteiger partial charge in [-0.1, -0.05) is 0 Å². The molecule has 1 aromatic rings. The maximum Gasteiger partial charge on any atom is 0.338 e. The molecular formula is C20H32N2O6. The quantitative estimate of drug-likeness (QED) is 0.442. The molecule has 1 aliphatic heterocycles. The minimum absolute atomic E-state index is 0.248. The van der Waals surface area contributed by atoms with Gasteiger partial charge in [-0.2, -0.15) is 0 Å². The van der Waals surface area contributed by atoms with Gasteiger partial charge in [0.1, 0.15) is 0 Å². The number of aliphatic hydroxyl groups excluding tert-OH is 1. The SMILES string of the molecule is COc1cc(C(=O)OCCCN2CCN(CCCO)CC2)cc(OC)c1OC. The lowest BCUT2D eigenvalue weighted by atomic mass is 10.2. The lowest BCUT2D eigenvalue weighted by Gasteiger charge is -2.34. The van der Waals surface area contributed by atoms with Gasteiger partial charge < -0.3 is 33.9 Å². The van der Waals surface area contributed by atoms with Gasteiger partial charge in [0.2, 0.25) is 5.75 Å². The Balaban J connectivity index is 1.76. The van der Waals surface area contributed by atoms with Gasteiger partial charge in [-0.15, -0.1) is 0 Å². The zero-order valence-electron chi connectivity index (χ0n) is 17.1. The largest absolute Gasteiger partial charge is 0.493 e. The number of hydrogen-bond donors (Lipinski definition) is 1. The number of methoxy groups -OCH3 is 3. The number of nitrogens with zero attached hydrogens (tertiary/aromatic N) is 2. The molecule has 1 fully saturated rings. The van der Waals surface area contributed by atoms with Crippen molar-refractivity contribution in [2.24, 2.45) is 0 Å². The maximum absolute atomic E-state index is 12.4. The summed E-state index contributed by atoms with van der Waals surface area (Å²) >= 11 is 0. The molecule has 0 aromatic heterocycles. The van der Waals surface area contributed by atoms with Crippen molar-refractivity contribution < 1.29 is 28.8 Å². The first kappa shape index (κ1) is 22.3. The molecule has 1 aliphatic rings. The van der Waals surface area contributed by atoms with Gasteiger partial charge in [-0.05, 0) is 25.0 Å². The van der Waals surface area contributed by atoms with Crippen molar-refractivity contribution in [2.75, 3.05) is 73.8 Å². The van der Waals surface area contributed by atoms with Gasteiger partial charge in [0.25, 0.3) is 0 Å². The predicted octanol–water partition coefficient (Wildman–Crippen LogP) is 1.26. The van der Waals surface area contributed by atoms with Crippen LogP contribution in [0.1, 0.15) is 23.2 Å². The van der Waals surface area contributed by atoms with Crippen LogP contribution >= 0.6 is 0 Å². The first-order valence-corrected chi connectivity index (χ1v) is 9.65. The number of ether oxygens (including phenoxy) is 4. The van der Waals surface area contributed by atoms with Crippen LogP contribution in [0.15, 0.2) is 12.1 Å². The zero-order valence-corrected chi connectivity index (χ0v) is 17.1. The number of carbonyl (C=O) groups is 1. The van der Waals surface area contributed by atoms with E-state index in [4.69, 9.17) is 24.1 Å².